The van der Waals surface area contributed by atoms with Gasteiger partial charge in [0.25, 0.3) is 0 Å². The topological polar surface area (TPSA) is 18.1 Å². The van der Waals surface area contributed by atoms with E-state index in [1.807, 2.05) is 6.07 Å². The molecule has 0 fully saturated rings. The van der Waals surface area contributed by atoms with Gasteiger partial charge < -0.3 is 8.98 Å². The molecule has 0 aliphatic carbocycles. The zero-order valence-corrected chi connectivity index (χ0v) is 30.6. The van der Waals surface area contributed by atoms with Gasteiger partial charge >= 0.3 is 0 Å². The van der Waals surface area contributed by atoms with Gasteiger partial charge in [0, 0.05) is 27.2 Å². The maximum atomic E-state index is 6.38. The number of benzene rings is 9. The predicted octanol–water partition coefficient (Wildman–Crippen LogP) is 15.0. The number of nitrogens with zero attached hydrogens (tertiary/aromatic N) is 1. The highest BCUT2D eigenvalue weighted by Gasteiger charge is 2.17. The van der Waals surface area contributed by atoms with Gasteiger partial charge in [0.05, 0.1) is 11.0 Å². The lowest BCUT2D eigenvalue weighted by Gasteiger charge is -2.14. The summed E-state index contributed by atoms with van der Waals surface area (Å²) in [6.07, 6.45) is 0. The molecule has 0 N–H and O–H groups in total. The lowest BCUT2D eigenvalue weighted by Crippen LogP contribution is -1.93. The fourth-order valence-corrected chi connectivity index (χ4v) is 8.52. The van der Waals surface area contributed by atoms with Gasteiger partial charge in [-0.2, -0.15) is 0 Å². The Kier molecular flexibility index (Phi) is 7.53. The van der Waals surface area contributed by atoms with Crippen molar-refractivity contribution in [2.45, 2.75) is 0 Å². The van der Waals surface area contributed by atoms with Crippen LogP contribution in [0.5, 0.6) is 0 Å². The maximum absolute atomic E-state index is 6.38. The Bertz CT molecular complexity index is 3240. The number of aromatic nitrogens is 1. The van der Waals surface area contributed by atoms with Crippen LogP contribution in [0.25, 0.3) is 105 Å². The molecule has 2 nitrogen and oxygen atoms in total. The third kappa shape index (κ3) is 5.42. The average Bonchev–Trinajstić information content (AvgIpc) is 3.83. The molecule has 56 heavy (non-hydrogen) atoms. The van der Waals surface area contributed by atoms with Crippen LogP contribution in [-0.4, -0.2) is 4.57 Å². The van der Waals surface area contributed by atoms with Crippen molar-refractivity contribution in [1.29, 1.82) is 0 Å². The van der Waals surface area contributed by atoms with Crippen LogP contribution < -0.4 is 0 Å². The van der Waals surface area contributed by atoms with Crippen molar-refractivity contribution in [2.75, 3.05) is 0 Å². The smallest absolute Gasteiger partial charge is 0.136 e. The van der Waals surface area contributed by atoms with Crippen LogP contribution in [0, 0.1) is 0 Å². The molecule has 11 rings (SSSR count). The molecular formula is C54H35NO. The summed E-state index contributed by atoms with van der Waals surface area (Å²) >= 11 is 0. The number of fused-ring (bicyclic) bond motifs is 6. The van der Waals surface area contributed by atoms with E-state index in [1.54, 1.807) is 0 Å². The van der Waals surface area contributed by atoms with Gasteiger partial charge in [0.2, 0.25) is 0 Å². The van der Waals surface area contributed by atoms with Gasteiger partial charge in [-0.3, -0.25) is 0 Å². The second-order valence-corrected chi connectivity index (χ2v) is 14.5. The summed E-state index contributed by atoms with van der Waals surface area (Å²) in [5.74, 6) is 0. The maximum Gasteiger partial charge on any atom is 0.136 e. The number of para-hydroxylation sites is 3. The van der Waals surface area contributed by atoms with E-state index in [9.17, 15) is 0 Å². The molecule has 0 radical (unpaired) electrons. The van der Waals surface area contributed by atoms with Crippen molar-refractivity contribution in [2.24, 2.45) is 0 Å². The van der Waals surface area contributed by atoms with Gasteiger partial charge in [-0.1, -0.05) is 146 Å². The van der Waals surface area contributed by atoms with Crippen molar-refractivity contribution in [3.8, 4) is 61.3 Å². The SMILES string of the molecule is c1ccc(-c2cccc(-c3cccc(-c4cc(-c5ccc6c7ccccc7n(-c7ccccc7)c6c5)cc(-c5cccc6oc7ccccc7c56)c4)c3)c2)cc1. The molecule has 0 atom stereocenters. The first-order valence-electron chi connectivity index (χ1n) is 19.2. The Hall–Kier alpha value is -7.42. The van der Waals surface area contributed by atoms with Crippen molar-refractivity contribution < 1.29 is 4.42 Å². The molecule has 0 saturated heterocycles. The summed E-state index contributed by atoms with van der Waals surface area (Å²) in [5, 5.41) is 4.75. The Morgan fingerprint density at radius 2 is 0.786 bits per heavy atom. The first-order chi connectivity index (χ1) is 27.7. The number of furan rings is 1. The van der Waals surface area contributed by atoms with E-state index in [2.05, 4.69) is 211 Å². The van der Waals surface area contributed by atoms with Crippen molar-refractivity contribution in [1.82, 2.24) is 4.57 Å². The zero-order valence-electron chi connectivity index (χ0n) is 30.6. The van der Waals surface area contributed by atoms with E-state index in [-0.39, 0.29) is 0 Å². The Labute approximate surface area is 325 Å². The van der Waals surface area contributed by atoms with E-state index >= 15 is 0 Å². The molecule has 0 amide bonds. The predicted molar refractivity (Wildman–Crippen MR) is 235 cm³/mol. The molecule has 0 aliphatic rings. The van der Waals surface area contributed by atoms with Gasteiger partial charge in [-0.25, -0.2) is 0 Å². The third-order valence-electron chi connectivity index (χ3n) is 11.2. The summed E-state index contributed by atoms with van der Waals surface area (Å²) < 4.78 is 8.77. The lowest BCUT2D eigenvalue weighted by atomic mass is 9.90. The minimum Gasteiger partial charge on any atom is -0.456 e. The van der Waals surface area contributed by atoms with E-state index in [0.29, 0.717) is 0 Å². The Balaban J connectivity index is 1.12. The lowest BCUT2D eigenvalue weighted by molar-refractivity contribution is 0.669. The van der Waals surface area contributed by atoms with Crippen LogP contribution in [0.4, 0.5) is 0 Å². The van der Waals surface area contributed by atoms with Crippen molar-refractivity contribution in [3.63, 3.8) is 0 Å². The summed E-state index contributed by atoms with van der Waals surface area (Å²) in [4.78, 5) is 0. The third-order valence-corrected chi connectivity index (χ3v) is 11.2. The summed E-state index contributed by atoms with van der Waals surface area (Å²) in [6, 6.07) is 76.6. The van der Waals surface area contributed by atoms with Crippen LogP contribution in [0.2, 0.25) is 0 Å². The fourth-order valence-electron chi connectivity index (χ4n) is 8.52. The molecule has 0 aliphatic heterocycles. The number of rotatable bonds is 6. The Morgan fingerprint density at radius 3 is 1.54 bits per heavy atom. The van der Waals surface area contributed by atoms with Crippen LogP contribution in [0.1, 0.15) is 0 Å². The van der Waals surface area contributed by atoms with Crippen molar-refractivity contribution >= 4 is 43.7 Å². The van der Waals surface area contributed by atoms with Crippen LogP contribution in [-0.2, 0) is 0 Å². The van der Waals surface area contributed by atoms with Crippen LogP contribution in [0.15, 0.2) is 217 Å². The second kappa shape index (κ2) is 13.2. The largest absolute Gasteiger partial charge is 0.456 e. The second-order valence-electron chi connectivity index (χ2n) is 14.5. The highest BCUT2D eigenvalue weighted by atomic mass is 16.3. The monoisotopic (exact) mass is 713 g/mol. The normalized spacial score (nSPS) is 11.6. The molecule has 9 aromatic carbocycles. The molecule has 0 unspecified atom stereocenters. The molecule has 2 heteroatoms. The highest BCUT2D eigenvalue weighted by molar-refractivity contribution is 6.13. The van der Waals surface area contributed by atoms with Crippen LogP contribution >= 0.6 is 0 Å². The van der Waals surface area contributed by atoms with Gasteiger partial charge in [-0.05, 0) is 122 Å². The van der Waals surface area contributed by atoms with Gasteiger partial charge in [-0.15, -0.1) is 0 Å². The first kappa shape index (κ1) is 32.0. The van der Waals surface area contributed by atoms with Crippen molar-refractivity contribution in [3.05, 3.63) is 212 Å². The molecular weight excluding hydrogens is 679 g/mol. The van der Waals surface area contributed by atoms with Crippen LogP contribution in [0.3, 0.4) is 0 Å². The zero-order chi connectivity index (χ0) is 37.0. The molecule has 2 aromatic heterocycles. The summed E-state index contributed by atoms with van der Waals surface area (Å²) in [6.45, 7) is 0. The molecule has 2 heterocycles. The standard InChI is InChI=1S/C54H35NO/c1-3-14-36(15-4-1)37-16-11-17-38(30-37)39-18-12-19-40(31-39)42-32-43(34-44(33-42)46-24-13-27-53-54(46)49-23-8-10-26-52(49)56-53)41-28-29-48-47-22-7-9-25-50(47)55(51(48)35-41)45-20-5-2-6-21-45/h1-35H. The number of hydrogen-bond donors (Lipinski definition) is 0. The quantitative estimate of drug-likeness (QED) is 0.168. The molecule has 0 spiro atoms. The molecule has 0 bridgehead atoms. The Morgan fingerprint density at radius 1 is 0.286 bits per heavy atom. The molecule has 262 valence electrons. The summed E-state index contributed by atoms with van der Waals surface area (Å²) in [5.41, 5.74) is 17.1. The van der Waals surface area contributed by atoms with Gasteiger partial charge in [0.1, 0.15) is 11.2 Å². The van der Waals surface area contributed by atoms with E-state index < -0.39 is 0 Å². The minimum absolute atomic E-state index is 0.893. The van der Waals surface area contributed by atoms with E-state index in [4.69, 9.17) is 4.42 Å². The fraction of sp³-hybridized carbons (Fsp3) is 0. The molecule has 11 aromatic rings. The first-order valence-corrected chi connectivity index (χ1v) is 19.2. The average molecular weight is 714 g/mol. The minimum atomic E-state index is 0.893. The number of hydrogen-bond acceptors (Lipinski definition) is 1. The molecule has 0 saturated carbocycles. The summed E-state index contributed by atoms with van der Waals surface area (Å²) in [7, 11) is 0. The van der Waals surface area contributed by atoms with Gasteiger partial charge in [0.15, 0.2) is 0 Å². The highest BCUT2D eigenvalue weighted by Crippen LogP contribution is 2.42. The van der Waals surface area contributed by atoms with E-state index in [1.165, 1.54) is 49.6 Å². The van der Waals surface area contributed by atoms with E-state index in [0.717, 1.165) is 55.4 Å².